The van der Waals surface area contributed by atoms with Crippen LogP contribution in [0.5, 0.6) is 0 Å². The summed E-state index contributed by atoms with van der Waals surface area (Å²) in [5, 5.41) is 22.0. The van der Waals surface area contributed by atoms with E-state index in [1.807, 2.05) is 18.7 Å². The van der Waals surface area contributed by atoms with E-state index in [2.05, 4.69) is 21.4 Å². The van der Waals surface area contributed by atoms with Crippen LogP contribution in [-0.2, 0) is 20.0 Å². The van der Waals surface area contributed by atoms with Crippen LogP contribution in [-0.4, -0.2) is 26.5 Å². The van der Waals surface area contributed by atoms with Crippen LogP contribution in [0.25, 0.3) is 0 Å². The van der Waals surface area contributed by atoms with Crippen molar-refractivity contribution in [3.8, 4) is 6.07 Å². The molecule has 0 aliphatic carbocycles. The van der Waals surface area contributed by atoms with Crippen LogP contribution in [0.2, 0.25) is 0 Å². The van der Waals surface area contributed by atoms with Gasteiger partial charge in [0.05, 0.1) is 11.4 Å². The van der Waals surface area contributed by atoms with Crippen molar-refractivity contribution in [3.05, 3.63) is 44.5 Å². The molecule has 0 radical (unpaired) electrons. The summed E-state index contributed by atoms with van der Waals surface area (Å²) in [6.45, 7) is 4.93. The van der Waals surface area contributed by atoms with Crippen LogP contribution in [0.1, 0.15) is 28.1 Å². The molecule has 0 bridgehead atoms. The van der Waals surface area contributed by atoms with E-state index in [9.17, 15) is 10.1 Å². The van der Waals surface area contributed by atoms with E-state index in [4.69, 9.17) is 0 Å². The highest BCUT2D eigenvalue weighted by molar-refractivity contribution is 5.58. The zero-order valence-electron chi connectivity index (χ0n) is 12.8. The lowest BCUT2D eigenvalue weighted by Crippen LogP contribution is -2.35. The summed E-state index contributed by atoms with van der Waals surface area (Å²) in [6.07, 6.45) is 0.711. The Hall–Kier alpha value is -2.75. The van der Waals surface area contributed by atoms with Gasteiger partial charge in [0.1, 0.15) is 11.6 Å². The molecule has 0 aromatic carbocycles. The molecule has 2 aromatic rings. The first-order chi connectivity index (χ1) is 10.5. The second-order valence-corrected chi connectivity index (χ2v) is 5.47. The molecule has 0 saturated carbocycles. The quantitative estimate of drug-likeness (QED) is 0.766. The van der Waals surface area contributed by atoms with Crippen molar-refractivity contribution in [2.24, 2.45) is 7.05 Å². The summed E-state index contributed by atoms with van der Waals surface area (Å²) in [4.78, 5) is 13.7. The van der Waals surface area contributed by atoms with E-state index in [-0.39, 0.29) is 5.56 Å². The van der Waals surface area contributed by atoms with Crippen molar-refractivity contribution in [3.63, 3.8) is 0 Å². The first kappa shape index (κ1) is 14.2. The van der Waals surface area contributed by atoms with E-state index in [0.717, 1.165) is 22.5 Å². The molecule has 7 nitrogen and oxygen atoms in total. The second kappa shape index (κ2) is 5.22. The number of nitriles is 1. The maximum atomic E-state index is 11.8. The monoisotopic (exact) mass is 296 g/mol. The number of anilines is 1. The number of aryl methyl sites for hydroxylation is 2. The van der Waals surface area contributed by atoms with E-state index in [1.54, 1.807) is 13.1 Å². The number of nitrogens with zero attached hydrogens (tertiary/aromatic N) is 6. The molecule has 0 spiro atoms. The minimum absolute atomic E-state index is 0.132. The van der Waals surface area contributed by atoms with Crippen molar-refractivity contribution in [1.82, 2.24) is 20.0 Å². The highest BCUT2D eigenvalue weighted by Gasteiger charge is 2.23. The fraction of sp³-hybridized carbons (Fsp3) is 0.400. The maximum absolute atomic E-state index is 11.8. The molecule has 0 saturated heterocycles. The Bertz CT molecular complexity index is 848. The minimum Gasteiger partial charge on any atom is -0.349 e. The molecule has 7 heteroatoms. The van der Waals surface area contributed by atoms with Gasteiger partial charge < -0.3 is 4.90 Å². The van der Waals surface area contributed by atoms with Gasteiger partial charge in [0.2, 0.25) is 0 Å². The van der Waals surface area contributed by atoms with Crippen LogP contribution in [0, 0.1) is 25.2 Å². The Morgan fingerprint density at radius 2 is 2.09 bits per heavy atom. The molecule has 0 unspecified atom stereocenters. The molecular weight excluding hydrogens is 280 g/mol. The molecule has 1 aliphatic rings. The van der Waals surface area contributed by atoms with Gasteiger partial charge in [0.25, 0.3) is 5.56 Å². The Kier molecular flexibility index (Phi) is 3.37. The van der Waals surface area contributed by atoms with Gasteiger partial charge in [-0.1, -0.05) is 0 Å². The normalized spacial score (nSPS) is 13.6. The molecule has 0 atom stereocenters. The van der Waals surface area contributed by atoms with Crippen LogP contribution in [0.15, 0.2) is 10.9 Å². The molecular formula is C15H16N6O. The Morgan fingerprint density at radius 1 is 1.32 bits per heavy atom. The molecule has 0 amide bonds. The summed E-state index contributed by atoms with van der Waals surface area (Å²) in [7, 11) is 1.65. The van der Waals surface area contributed by atoms with E-state index >= 15 is 0 Å². The molecule has 2 aromatic heterocycles. The third-order valence-corrected chi connectivity index (χ3v) is 4.09. The molecule has 0 fully saturated rings. The fourth-order valence-corrected chi connectivity index (χ4v) is 2.63. The van der Waals surface area contributed by atoms with Crippen molar-refractivity contribution < 1.29 is 0 Å². The van der Waals surface area contributed by atoms with Gasteiger partial charge in [-0.2, -0.15) is 15.5 Å². The summed E-state index contributed by atoms with van der Waals surface area (Å²) in [5.41, 5.74) is 3.83. The Morgan fingerprint density at radius 3 is 2.82 bits per heavy atom. The van der Waals surface area contributed by atoms with Gasteiger partial charge in [-0.15, -0.1) is 5.10 Å². The average molecular weight is 296 g/mol. The summed E-state index contributed by atoms with van der Waals surface area (Å²) in [5.74, 6) is 0.580. The van der Waals surface area contributed by atoms with Crippen LogP contribution in [0.3, 0.4) is 0 Å². The fourth-order valence-electron chi connectivity index (χ4n) is 2.63. The standard InChI is InChI=1S/C15H16N6O/c1-9-10(2)17-18-15(12(9)7-16)21-5-4-13-11(8-21)6-14(22)20(3)19-13/h6H,4-5,8H2,1-3H3. The zero-order valence-corrected chi connectivity index (χ0v) is 12.8. The maximum Gasteiger partial charge on any atom is 0.266 e. The van der Waals surface area contributed by atoms with Crippen LogP contribution >= 0.6 is 0 Å². The predicted octanol–water partition coefficient (Wildman–Crippen LogP) is 0.622. The molecule has 22 heavy (non-hydrogen) atoms. The van der Waals surface area contributed by atoms with Gasteiger partial charge in [-0.05, 0) is 19.4 Å². The Labute approximate surface area is 127 Å². The summed E-state index contributed by atoms with van der Waals surface area (Å²) >= 11 is 0. The molecule has 1 aliphatic heterocycles. The first-order valence-electron chi connectivity index (χ1n) is 7.06. The topological polar surface area (TPSA) is 87.7 Å². The molecule has 3 rings (SSSR count). The third kappa shape index (κ3) is 2.22. The average Bonchev–Trinajstić information content (AvgIpc) is 2.50. The van der Waals surface area contributed by atoms with Gasteiger partial charge in [0, 0.05) is 38.2 Å². The van der Waals surface area contributed by atoms with E-state index < -0.39 is 0 Å². The molecule has 112 valence electrons. The second-order valence-electron chi connectivity index (χ2n) is 5.47. The van der Waals surface area contributed by atoms with Crippen LogP contribution in [0.4, 0.5) is 5.82 Å². The van der Waals surface area contributed by atoms with Gasteiger partial charge in [0.15, 0.2) is 5.82 Å². The van der Waals surface area contributed by atoms with Crippen molar-refractivity contribution in [1.29, 1.82) is 5.26 Å². The SMILES string of the molecule is Cc1nnc(N2CCc3nn(C)c(=O)cc3C2)c(C#N)c1C. The number of rotatable bonds is 1. The molecule has 0 N–H and O–H groups in total. The van der Waals surface area contributed by atoms with E-state index in [1.165, 1.54) is 4.68 Å². The number of hydrogen-bond donors (Lipinski definition) is 0. The van der Waals surface area contributed by atoms with Crippen molar-refractivity contribution in [2.45, 2.75) is 26.8 Å². The lowest BCUT2D eigenvalue weighted by molar-refractivity contribution is 0.619. The highest BCUT2D eigenvalue weighted by Crippen LogP contribution is 2.25. The van der Waals surface area contributed by atoms with Gasteiger partial charge in [-0.3, -0.25) is 4.79 Å². The molecule has 3 heterocycles. The van der Waals surface area contributed by atoms with Crippen molar-refractivity contribution in [2.75, 3.05) is 11.4 Å². The Balaban J connectivity index is 2.02. The predicted molar refractivity (Wildman–Crippen MR) is 80.5 cm³/mol. The van der Waals surface area contributed by atoms with Gasteiger partial charge >= 0.3 is 0 Å². The lowest BCUT2D eigenvalue weighted by Gasteiger charge is -2.29. The lowest BCUT2D eigenvalue weighted by atomic mass is 10.0. The minimum atomic E-state index is -0.132. The summed E-state index contributed by atoms with van der Waals surface area (Å²) < 4.78 is 1.35. The van der Waals surface area contributed by atoms with Crippen molar-refractivity contribution >= 4 is 5.82 Å². The third-order valence-electron chi connectivity index (χ3n) is 4.09. The number of hydrogen-bond acceptors (Lipinski definition) is 6. The highest BCUT2D eigenvalue weighted by atomic mass is 16.1. The number of fused-ring (bicyclic) bond motifs is 1. The van der Waals surface area contributed by atoms with E-state index in [0.29, 0.717) is 30.9 Å². The smallest absolute Gasteiger partial charge is 0.266 e. The van der Waals surface area contributed by atoms with Crippen LogP contribution < -0.4 is 10.5 Å². The number of aromatic nitrogens is 4. The van der Waals surface area contributed by atoms with Gasteiger partial charge in [-0.25, -0.2) is 4.68 Å². The largest absolute Gasteiger partial charge is 0.349 e. The first-order valence-corrected chi connectivity index (χ1v) is 7.06. The summed E-state index contributed by atoms with van der Waals surface area (Å²) in [6, 6.07) is 3.83. The zero-order chi connectivity index (χ0) is 15.9.